The predicted molar refractivity (Wildman–Crippen MR) is 93.2 cm³/mol. The lowest BCUT2D eigenvalue weighted by Crippen LogP contribution is -2.53. The van der Waals surface area contributed by atoms with E-state index in [0.29, 0.717) is 18.0 Å². The maximum atomic E-state index is 12.6. The Morgan fingerprint density at radius 3 is 2.61 bits per heavy atom. The van der Waals surface area contributed by atoms with E-state index in [9.17, 15) is 4.79 Å². The van der Waals surface area contributed by atoms with Gasteiger partial charge in [-0.25, -0.2) is 4.68 Å². The van der Waals surface area contributed by atoms with Gasteiger partial charge in [-0.3, -0.25) is 4.79 Å². The van der Waals surface area contributed by atoms with Gasteiger partial charge < -0.3 is 11.1 Å². The largest absolute Gasteiger partial charge is 0.345 e. The molecule has 0 aliphatic heterocycles. The number of carbonyl (C=O) groups is 1. The number of benzene rings is 1. The molecule has 23 heavy (non-hydrogen) atoms. The fourth-order valence-corrected chi connectivity index (χ4v) is 2.76. The van der Waals surface area contributed by atoms with Crippen LogP contribution in [0.25, 0.3) is 5.69 Å². The van der Waals surface area contributed by atoms with Gasteiger partial charge in [0.05, 0.1) is 22.5 Å². The Kier molecular flexibility index (Phi) is 5.12. The first-order chi connectivity index (χ1) is 10.5. The maximum absolute atomic E-state index is 12.6. The molecule has 1 unspecified atom stereocenters. The van der Waals surface area contributed by atoms with Crippen molar-refractivity contribution in [3.8, 4) is 5.69 Å². The van der Waals surface area contributed by atoms with E-state index in [0.717, 1.165) is 24.2 Å². The van der Waals surface area contributed by atoms with Crippen molar-refractivity contribution in [3.05, 3.63) is 47.8 Å². The van der Waals surface area contributed by atoms with Gasteiger partial charge in [-0.2, -0.15) is 5.10 Å². The minimum atomic E-state index is -0.321. The highest BCUT2D eigenvalue weighted by molar-refractivity contribution is 5.95. The van der Waals surface area contributed by atoms with Gasteiger partial charge in [0.1, 0.15) is 0 Å². The van der Waals surface area contributed by atoms with E-state index in [4.69, 9.17) is 5.73 Å². The smallest absolute Gasteiger partial charge is 0.255 e. The molecular formula is C17H23ClN4O. The Hall–Kier alpha value is -1.85. The summed E-state index contributed by atoms with van der Waals surface area (Å²) in [7, 11) is 0. The van der Waals surface area contributed by atoms with Crippen LogP contribution >= 0.6 is 12.4 Å². The summed E-state index contributed by atoms with van der Waals surface area (Å²) < 4.78 is 1.74. The molecule has 1 saturated carbocycles. The highest BCUT2D eigenvalue weighted by Crippen LogP contribution is 2.39. The number of amides is 1. The van der Waals surface area contributed by atoms with Crippen LogP contribution in [-0.4, -0.2) is 27.8 Å². The lowest BCUT2D eigenvalue weighted by Gasteiger charge is -2.29. The first-order valence-corrected chi connectivity index (χ1v) is 7.68. The molecule has 1 aromatic heterocycles. The first-order valence-electron chi connectivity index (χ1n) is 7.68. The van der Waals surface area contributed by atoms with E-state index < -0.39 is 0 Å². The molecule has 0 radical (unpaired) electrons. The van der Waals surface area contributed by atoms with Crippen molar-refractivity contribution in [3.63, 3.8) is 0 Å². The summed E-state index contributed by atoms with van der Waals surface area (Å²) in [5.41, 5.74) is 7.81. The lowest BCUT2D eigenvalue weighted by atomic mass is 9.95. The lowest BCUT2D eigenvalue weighted by molar-refractivity contribution is 0.0897. The van der Waals surface area contributed by atoms with Gasteiger partial charge in [-0.15, -0.1) is 12.4 Å². The topological polar surface area (TPSA) is 72.9 Å². The van der Waals surface area contributed by atoms with Gasteiger partial charge in [0.2, 0.25) is 0 Å². The number of carbonyl (C=O) groups excluding carboxylic acids is 1. The van der Waals surface area contributed by atoms with Crippen molar-refractivity contribution in [2.75, 3.05) is 6.54 Å². The number of nitrogens with one attached hydrogen (secondary N) is 1. The molecule has 5 nitrogen and oxygen atoms in total. The monoisotopic (exact) mass is 334 g/mol. The number of aromatic nitrogens is 2. The zero-order valence-electron chi connectivity index (χ0n) is 13.5. The van der Waals surface area contributed by atoms with Crippen molar-refractivity contribution >= 4 is 18.3 Å². The highest BCUT2D eigenvalue weighted by atomic mass is 35.5. The first kappa shape index (κ1) is 17.5. The number of halogens is 1. The second-order valence-corrected chi connectivity index (χ2v) is 6.26. The third kappa shape index (κ3) is 3.57. The Bertz CT molecular complexity index is 681. The SMILES string of the molecule is Cc1nn(-c2ccccc2)cc1C(=O)NC(C)(CN)C1CC1.Cl. The molecule has 1 atom stereocenters. The number of hydrogen-bond acceptors (Lipinski definition) is 3. The average molecular weight is 335 g/mol. The van der Waals surface area contributed by atoms with Crippen LogP contribution in [0, 0.1) is 12.8 Å². The molecule has 1 aromatic carbocycles. The summed E-state index contributed by atoms with van der Waals surface area (Å²) in [6.45, 7) is 4.33. The van der Waals surface area contributed by atoms with Crippen molar-refractivity contribution in [2.45, 2.75) is 32.2 Å². The molecule has 0 bridgehead atoms. The zero-order valence-corrected chi connectivity index (χ0v) is 14.3. The standard InChI is InChI=1S/C17H22N4O.ClH/c1-12-15(10-21(20-12)14-6-4-3-5-7-14)16(22)19-17(2,11-18)13-8-9-13;/h3-7,10,13H,8-9,11,18H2,1-2H3,(H,19,22);1H. The molecule has 1 aliphatic carbocycles. The second-order valence-electron chi connectivity index (χ2n) is 6.26. The van der Waals surface area contributed by atoms with Crippen LogP contribution in [0.3, 0.4) is 0 Å². The summed E-state index contributed by atoms with van der Waals surface area (Å²) in [5.74, 6) is 0.394. The number of hydrogen-bond donors (Lipinski definition) is 2. The molecule has 6 heteroatoms. The number of nitrogens with two attached hydrogens (primary N) is 1. The molecule has 124 valence electrons. The number of aryl methyl sites for hydroxylation is 1. The van der Waals surface area contributed by atoms with Crippen LogP contribution in [0.5, 0.6) is 0 Å². The Morgan fingerprint density at radius 2 is 2.04 bits per heavy atom. The molecule has 3 N–H and O–H groups in total. The van der Waals surface area contributed by atoms with E-state index in [1.54, 1.807) is 10.9 Å². The Morgan fingerprint density at radius 1 is 1.39 bits per heavy atom. The number of nitrogens with zero attached hydrogens (tertiary/aromatic N) is 2. The third-order valence-corrected chi connectivity index (χ3v) is 4.47. The van der Waals surface area contributed by atoms with Gasteiger partial charge in [-0.1, -0.05) is 18.2 Å². The summed E-state index contributed by atoms with van der Waals surface area (Å²) >= 11 is 0. The molecule has 1 amide bonds. The van der Waals surface area contributed by atoms with Crippen LogP contribution in [0.2, 0.25) is 0 Å². The minimum absolute atomic E-state index is 0. The molecule has 1 aliphatic rings. The van der Waals surface area contributed by atoms with Gasteiger partial charge in [0.15, 0.2) is 0 Å². The van der Waals surface area contributed by atoms with Crippen LogP contribution in [-0.2, 0) is 0 Å². The Balaban J connectivity index is 0.00000192. The van der Waals surface area contributed by atoms with Crippen molar-refractivity contribution < 1.29 is 4.79 Å². The Labute approximate surface area is 142 Å². The molecule has 1 fully saturated rings. The van der Waals surface area contributed by atoms with Crippen molar-refractivity contribution in [1.82, 2.24) is 15.1 Å². The zero-order chi connectivity index (χ0) is 15.7. The fraction of sp³-hybridized carbons (Fsp3) is 0.412. The van der Waals surface area contributed by atoms with Gasteiger partial charge >= 0.3 is 0 Å². The van der Waals surface area contributed by atoms with Crippen molar-refractivity contribution in [2.24, 2.45) is 11.7 Å². The third-order valence-electron chi connectivity index (χ3n) is 4.47. The number of rotatable bonds is 5. The quantitative estimate of drug-likeness (QED) is 0.882. The van der Waals surface area contributed by atoms with Crippen molar-refractivity contribution in [1.29, 1.82) is 0 Å². The van der Waals surface area contributed by atoms with E-state index in [1.165, 1.54) is 0 Å². The second kappa shape index (κ2) is 6.72. The molecule has 2 aromatic rings. The molecular weight excluding hydrogens is 312 g/mol. The molecule has 0 spiro atoms. The highest BCUT2D eigenvalue weighted by Gasteiger charge is 2.41. The molecule has 3 rings (SSSR count). The number of para-hydroxylation sites is 1. The van der Waals surface area contributed by atoms with Crippen LogP contribution < -0.4 is 11.1 Å². The van der Waals surface area contributed by atoms with Crippen LogP contribution in [0.4, 0.5) is 0 Å². The molecule has 0 saturated heterocycles. The average Bonchev–Trinajstić information content (AvgIpc) is 3.31. The maximum Gasteiger partial charge on any atom is 0.255 e. The summed E-state index contributed by atoms with van der Waals surface area (Å²) in [6, 6.07) is 9.77. The normalized spacial score (nSPS) is 16.3. The van der Waals surface area contributed by atoms with Crippen LogP contribution in [0.1, 0.15) is 35.8 Å². The van der Waals surface area contributed by atoms with Crippen LogP contribution in [0.15, 0.2) is 36.5 Å². The van der Waals surface area contributed by atoms with Gasteiger partial charge in [0, 0.05) is 12.7 Å². The summed E-state index contributed by atoms with van der Waals surface area (Å²) in [4.78, 5) is 12.6. The van der Waals surface area contributed by atoms with E-state index >= 15 is 0 Å². The van der Waals surface area contributed by atoms with Gasteiger partial charge in [0.25, 0.3) is 5.91 Å². The predicted octanol–water partition coefficient (Wildman–Crippen LogP) is 2.46. The van der Waals surface area contributed by atoms with E-state index in [-0.39, 0.29) is 23.9 Å². The fourth-order valence-electron chi connectivity index (χ4n) is 2.76. The van der Waals surface area contributed by atoms with E-state index in [2.05, 4.69) is 10.4 Å². The minimum Gasteiger partial charge on any atom is -0.345 e. The molecule has 1 heterocycles. The summed E-state index contributed by atoms with van der Waals surface area (Å²) in [6.07, 6.45) is 4.05. The van der Waals surface area contributed by atoms with E-state index in [1.807, 2.05) is 44.2 Å². The van der Waals surface area contributed by atoms with Gasteiger partial charge in [-0.05, 0) is 44.7 Å². The summed E-state index contributed by atoms with van der Waals surface area (Å²) in [5, 5.41) is 7.55.